The lowest BCUT2D eigenvalue weighted by Crippen LogP contribution is -2.44. The van der Waals surface area contributed by atoms with Crippen LogP contribution in [0.5, 0.6) is 0 Å². The monoisotopic (exact) mass is 470 g/mol. The summed E-state index contributed by atoms with van der Waals surface area (Å²) in [5, 5.41) is 21.6. The van der Waals surface area contributed by atoms with Crippen LogP contribution in [0.2, 0.25) is 0 Å². The van der Waals surface area contributed by atoms with Gasteiger partial charge in [-0.25, -0.2) is 4.79 Å². The molecular weight excluding hydrogens is 448 g/mol. The molecule has 4 aromatic rings. The van der Waals surface area contributed by atoms with E-state index in [0.29, 0.717) is 16.6 Å². The number of carbonyl (C=O) groups excluding carboxylic acids is 2. The number of carboxylic acid groups (broad SMARTS) is 1. The fourth-order valence-electron chi connectivity index (χ4n) is 3.77. The number of Topliss-reactive ketones (excluding diaryl/α,β-unsaturated/α-hetero) is 1. The second-order valence-electron chi connectivity index (χ2n) is 8.01. The number of H-pyrrole nitrogens is 1. The maximum Gasteiger partial charge on any atom is 0.341 e. The van der Waals surface area contributed by atoms with Gasteiger partial charge >= 0.3 is 5.97 Å². The lowest BCUT2D eigenvalue weighted by atomic mass is 10.0. The van der Waals surface area contributed by atoms with E-state index in [9.17, 15) is 24.3 Å². The van der Waals surface area contributed by atoms with Crippen molar-refractivity contribution in [2.75, 3.05) is 6.61 Å². The molecule has 0 saturated heterocycles. The molecule has 0 radical (unpaired) electrons. The number of hydrogen-bond acceptors (Lipinski definition) is 5. The Balaban J connectivity index is 1.47. The molecular formula is C27H22N2O6. The summed E-state index contributed by atoms with van der Waals surface area (Å²) in [5.41, 5.74) is 2.11. The van der Waals surface area contributed by atoms with Crippen molar-refractivity contribution < 1.29 is 24.6 Å². The van der Waals surface area contributed by atoms with Crippen LogP contribution < -0.4 is 10.7 Å². The summed E-state index contributed by atoms with van der Waals surface area (Å²) in [6, 6.07) is 20.1. The molecule has 4 N–H and O–H groups in total. The average Bonchev–Trinajstić information content (AvgIpc) is 2.88. The number of aliphatic hydroxyl groups excluding tert-OH is 1. The van der Waals surface area contributed by atoms with Gasteiger partial charge in [0.2, 0.25) is 5.43 Å². The number of aromatic nitrogens is 1. The van der Waals surface area contributed by atoms with Gasteiger partial charge in [0, 0.05) is 29.1 Å². The second kappa shape index (κ2) is 10.1. The predicted octanol–water partition coefficient (Wildman–Crippen LogP) is 2.80. The number of hydrogen-bond donors (Lipinski definition) is 4. The third-order valence-electron chi connectivity index (χ3n) is 5.68. The molecule has 176 valence electrons. The first kappa shape index (κ1) is 23.6. The molecule has 0 unspecified atom stereocenters. The van der Waals surface area contributed by atoms with Crippen molar-refractivity contribution >= 4 is 28.6 Å². The van der Waals surface area contributed by atoms with Crippen molar-refractivity contribution in [3.8, 4) is 11.1 Å². The van der Waals surface area contributed by atoms with Gasteiger partial charge in [-0.05, 0) is 41.0 Å². The number of aromatic carboxylic acids is 1. The molecule has 0 aliphatic carbocycles. The molecule has 0 aliphatic rings. The van der Waals surface area contributed by atoms with Gasteiger partial charge in [-0.1, -0.05) is 48.5 Å². The quantitative estimate of drug-likeness (QED) is 0.313. The zero-order valence-corrected chi connectivity index (χ0v) is 18.5. The van der Waals surface area contributed by atoms with Crippen molar-refractivity contribution in [2.45, 2.75) is 12.5 Å². The lowest BCUT2D eigenvalue weighted by molar-refractivity contribution is -0.121. The van der Waals surface area contributed by atoms with Crippen LogP contribution in [-0.4, -0.2) is 45.5 Å². The van der Waals surface area contributed by atoms with E-state index >= 15 is 0 Å². The highest BCUT2D eigenvalue weighted by molar-refractivity contribution is 5.99. The van der Waals surface area contributed by atoms with Crippen molar-refractivity contribution in [3.05, 3.63) is 106 Å². The number of ketones is 1. The number of benzene rings is 3. The van der Waals surface area contributed by atoms with E-state index in [1.54, 1.807) is 36.4 Å². The number of carboxylic acids is 1. The summed E-state index contributed by atoms with van der Waals surface area (Å²) in [5.74, 6) is -2.31. The molecule has 0 bridgehead atoms. The molecule has 4 rings (SSSR count). The standard InChI is InChI=1S/C27H22N2O6/c30-15-23(29-26(33)19-9-7-18(8-10-19)17-4-2-1-3-5-17)24(31)13-16-6-11-22-20(12-16)25(32)21(14-28-22)27(34)35/h1-12,14,23,30H,13,15H2,(H,28,32)(H,29,33)(H,34,35)/t23-/m0/s1. The maximum atomic E-state index is 12.8. The number of rotatable bonds is 8. The van der Waals surface area contributed by atoms with Crippen molar-refractivity contribution in [2.24, 2.45) is 0 Å². The summed E-state index contributed by atoms with van der Waals surface area (Å²) < 4.78 is 0. The van der Waals surface area contributed by atoms with Crippen molar-refractivity contribution in [1.82, 2.24) is 10.3 Å². The molecule has 3 aromatic carbocycles. The predicted molar refractivity (Wildman–Crippen MR) is 130 cm³/mol. The number of aliphatic hydroxyl groups is 1. The van der Waals surface area contributed by atoms with Crippen LogP contribution in [0.1, 0.15) is 26.3 Å². The van der Waals surface area contributed by atoms with Crippen molar-refractivity contribution in [1.29, 1.82) is 0 Å². The van der Waals surface area contributed by atoms with Crippen LogP contribution >= 0.6 is 0 Å². The van der Waals surface area contributed by atoms with Gasteiger partial charge in [0.25, 0.3) is 5.91 Å². The number of nitrogens with one attached hydrogen (secondary N) is 2. The molecule has 0 aliphatic heterocycles. The smallest absolute Gasteiger partial charge is 0.341 e. The SMILES string of the molecule is O=C(N[C@@H](CO)C(=O)Cc1ccc2[nH]cc(C(=O)O)c(=O)c2c1)c1ccc(-c2ccccc2)cc1. The Hall–Kier alpha value is -4.56. The third kappa shape index (κ3) is 5.18. The molecule has 0 saturated carbocycles. The van der Waals surface area contributed by atoms with Crippen molar-refractivity contribution in [3.63, 3.8) is 0 Å². The Morgan fingerprint density at radius 3 is 2.26 bits per heavy atom. The second-order valence-corrected chi connectivity index (χ2v) is 8.01. The van der Waals surface area contributed by atoms with Gasteiger partial charge in [0.1, 0.15) is 11.6 Å². The van der Waals surface area contributed by atoms with Crippen LogP contribution in [0.25, 0.3) is 22.0 Å². The molecule has 1 aromatic heterocycles. The van der Waals surface area contributed by atoms with E-state index in [1.165, 1.54) is 6.07 Å². The van der Waals surface area contributed by atoms with E-state index in [-0.39, 0.29) is 11.8 Å². The van der Waals surface area contributed by atoms with Crippen LogP contribution in [0.3, 0.4) is 0 Å². The Bertz CT molecular complexity index is 1460. The first-order valence-electron chi connectivity index (χ1n) is 10.8. The molecule has 8 heteroatoms. The summed E-state index contributed by atoms with van der Waals surface area (Å²) in [7, 11) is 0. The maximum absolute atomic E-state index is 12.8. The van der Waals surface area contributed by atoms with E-state index in [1.807, 2.05) is 30.3 Å². The van der Waals surface area contributed by atoms with Crippen LogP contribution in [0.15, 0.2) is 83.8 Å². The van der Waals surface area contributed by atoms with E-state index in [0.717, 1.165) is 17.3 Å². The first-order valence-corrected chi connectivity index (χ1v) is 10.8. The lowest BCUT2D eigenvalue weighted by Gasteiger charge is -2.16. The largest absolute Gasteiger partial charge is 0.477 e. The summed E-state index contributed by atoms with van der Waals surface area (Å²) in [4.78, 5) is 51.9. The summed E-state index contributed by atoms with van der Waals surface area (Å²) in [6.07, 6.45) is 0.965. The van der Waals surface area contributed by atoms with E-state index < -0.39 is 41.3 Å². The van der Waals surface area contributed by atoms with E-state index in [2.05, 4.69) is 10.3 Å². The van der Waals surface area contributed by atoms with Gasteiger partial charge < -0.3 is 20.5 Å². The van der Waals surface area contributed by atoms with Crippen LogP contribution in [-0.2, 0) is 11.2 Å². The van der Waals surface area contributed by atoms with E-state index in [4.69, 9.17) is 5.11 Å². The minimum atomic E-state index is -1.35. The van der Waals surface area contributed by atoms with Gasteiger partial charge in [-0.3, -0.25) is 14.4 Å². The molecule has 35 heavy (non-hydrogen) atoms. The summed E-state index contributed by atoms with van der Waals surface area (Å²) >= 11 is 0. The highest BCUT2D eigenvalue weighted by Crippen LogP contribution is 2.19. The van der Waals surface area contributed by atoms with Gasteiger partial charge in [0.05, 0.1) is 6.61 Å². The molecule has 1 atom stereocenters. The number of aromatic amines is 1. The van der Waals surface area contributed by atoms with Gasteiger partial charge in [-0.15, -0.1) is 0 Å². The molecule has 8 nitrogen and oxygen atoms in total. The molecule has 0 spiro atoms. The highest BCUT2D eigenvalue weighted by Gasteiger charge is 2.21. The minimum Gasteiger partial charge on any atom is -0.477 e. The molecule has 1 heterocycles. The Morgan fingerprint density at radius 1 is 0.914 bits per heavy atom. The number of fused-ring (bicyclic) bond motifs is 1. The Kier molecular flexibility index (Phi) is 6.84. The van der Waals surface area contributed by atoms with Gasteiger partial charge in [-0.2, -0.15) is 0 Å². The zero-order chi connectivity index (χ0) is 24.9. The highest BCUT2D eigenvalue weighted by atomic mass is 16.4. The fourth-order valence-corrected chi connectivity index (χ4v) is 3.77. The fraction of sp³-hybridized carbons (Fsp3) is 0.111. The Morgan fingerprint density at radius 2 is 1.60 bits per heavy atom. The third-order valence-corrected chi connectivity index (χ3v) is 5.68. The zero-order valence-electron chi connectivity index (χ0n) is 18.5. The Labute approximate surface area is 199 Å². The number of pyridine rings is 1. The van der Waals surface area contributed by atoms with Crippen LogP contribution in [0, 0.1) is 0 Å². The topological polar surface area (TPSA) is 137 Å². The summed E-state index contributed by atoms with van der Waals surface area (Å²) in [6.45, 7) is -0.593. The number of carbonyl (C=O) groups is 3. The number of amides is 1. The average molecular weight is 470 g/mol. The minimum absolute atomic E-state index is 0.137. The normalized spacial score (nSPS) is 11.7. The molecule has 0 fully saturated rings. The molecule has 1 amide bonds. The van der Waals surface area contributed by atoms with Crippen LogP contribution in [0.4, 0.5) is 0 Å². The first-order chi connectivity index (χ1) is 16.9. The van der Waals surface area contributed by atoms with Gasteiger partial charge in [0.15, 0.2) is 5.78 Å².